The van der Waals surface area contributed by atoms with Crippen LogP contribution in [0.1, 0.15) is 50.2 Å². The fraction of sp³-hybridized carbons (Fsp3) is 0.588. The second kappa shape index (κ2) is 10.6. The normalized spacial score (nSPS) is 17.1. The molecule has 0 aromatic heterocycles. The predicted molar refractivity (Wildman–Crippen MR) is 91.2 cm³/mol. The molecule has 4 nitrogen and oxygen atoms in total. The number of carbonyl (C=O) groups is 1. The van der Waals surface area contributed by atoms with E-state index in [-0.39, 0.29) is 18.3 Å². The fourth-order valence-electron chi connectivity index (χ4n) is 2.83. The highest BCUT2D eigenvalue weighted by Crippen LogP contribution is 2.16. The van der Waals surface area contributed by atoms with Crippen molar-refractivity contribution in [3.8, 4) is 0 Å². The molecule has 1 saturated carbocycles. The third kappa shape index (κ3) is 6.34. The second-order valence-corrected chi connectivity index (χ2v) is 5.75. The van der Waals surface area contributed by atoms with Gasteiger partial charge in [0.2, 0.25) is 0 Å². The van der Waals surface area contributed by atoms with Crippen molar-refractivity contribution in [1.82, 2.24) is 10.6 Å². The number of aliphatic hydroxyl groups is 1. The van der Waals surface area contributed by atoms with Gasteiger partial charge in [-0.2, -0.15) is 0 Å². The van der Waals surface area contributed by atoms with Crippen LogP contribution >= 0.6 is 12.4 Å². The summed E-state index contributed by atoms with van der Waals surface area (Å²) in [5.74, 6) is -0.330. The van der Waals surface area contributed by atoms with E-state index >= 15 is 0 Å². The molecule has 0 radical (unpaired) electrons. The third-order valence-corrected chi connectivity index (χ3v) is 4.08. The van der Waals surface area contributed by atoms with Crippen LogP contribution in [0.4, 0.5) is 0 Å². The summed E-state index contributed by atoms with van der Waals surface area (Å²) in [6, 6.07) is 9.61. The van der Waals surface area contributed by atoms with E-state index in [4.69, 9.17) is 0 Å². The van der Waals surface area contributed by atoms with Crippen molar-refractivity contribution >= 4 is 18.3 Å². The predicted octanol–water partition coefficient (Wildman–Crippen LogP) is 2.57. The van der Waals surface area contributed by atoms with Crippen molar-refractivity contribution in [2.45, 2.75) is 50.7 Å². The lowest BCUT2D eigenvalue weighted by molar-refractivity contribution is -0.129. The van der Waals surface area contributed by atoms with E-state index in [1.165, 1.54) is 38.5 Å². The van der Waals surface area contributed by atoms with Gasteiger partial charge in [-0.15, -0.1) is 12.4 Å². The molecule has 1 aromatic rings. The molecule has 0 aliphatic heterocycles. The van der Waals surface area contributed by atoms with Crippen LogP contribution < -0.4 is 10.6 Å². The van der Waals surface area contributed by atoms with Crippen molar-refractivity contribution in [3.05, 3.63) is 35.9 Å². The maximum Gasteiger partial charge on any atom is 0.253 e. The maximum absolute atomic E-state index is 11.9. The Bertz CT molecular complexity index is 420. The minimum Gasteiger partial charge on any atom is -0.378 e. The van der Waals surface area contributed by atoms with E-state index in [1.807, 2.05) is 18.2 Å². The highest BCUT2D eigenvalue weighted by molar-refractivity contribution is 5.85. The molecule has 1 amide bonds. The zero-order valence-electron chi connectivity index (χ0n) is 13.0. The molecule has 1 aliphatic rings. The van der Waals surface area contributed by atoms with Crippen molar-refractivity contribution in [1.29, 1.82) is 0 Å². The number of amides is 1. The summed E-state index contributed by atoms with van der Waals surface area (Å²) in [5.41, 5.74) is 0.631. The Balaban J connectivity index is 0.00000242. The summed E-state index contributed by atoms with van der Waals surface area (Å²) in [6.45, 7) is 1.32. The first-order chi connectivity index (χ1) is 10.3. The number of nitrogens with one attached hydrogen (secondary N) is 2. The minimum absolute atomic E-state index is 0. The van der Waals surface area contributed by atoms with Crippen LogP contribution in [0, 0.1) is 0 Å². The highest BCUT2D eigenvalue weighted by atomic mass is 35.5. The van der Waals surface area contributed by atoms with E-state index in [2.05, 4.69) is 10.6 Å². The maximum atomic E-state index is 11.9. The van der Waals surface area contributed by atoms with Gasteiger partial charge in [0, 0.05) is 19.1 Å². The van der Waals surface area contributed by atoms with Gasteiger partial charge < -0.3 is 15.7 Å². The van der Waals surface area contributed by atoms with Crippen LogP contribution in [0.15, 0.2) is 30.3 Å². The van der Waals surface area contributed by atoms with Crippen LogP contribution in [-0.2, 0) is 4.79 Å². The van der Waals surface area contributed by atoms with Crippen LogP contribution in [0.5, 0.6) is 0 Å². The van der Waals surface area contributed by atoms with Crippen molar-refractivity contribution in [2.24, 2.45) is 0 Å². The number of aliphatic hydroxyl groups excluding tert-OH is 1. The van der Waals surface area contributed by atoms with Gasteiger partial charge in [-0.25, -0.2) is 0 Å². The molecule has 3 N–H and O–H groups in total. The fourth-order valence-corrected chi connectivity index (χ4v) is 2.83. The highest BCUT2D eigenvalue weighted by Gasteiger charge is 2.16. The van der Waals surface area contributed by atoms with E-state index in [0.29, 0.717) is 18.2 Å². The van der Waals surface area contributed by atoms with Gasteiger partial charge in [-0.1, -0.05) is 56.0 Å². The standard InChI is InChI=1S/C17H26N2O2.ClH/c20-16(14-8-4-3-5-9-14)17(21)19-13-12-18-15-10-6-1-2-7-11-15;/h3-5,8-9,15-16,18,20H,1-2,6-7,10-13H2,(H,19,21);1H. The lowest BCUT2D eigenvalue weighted by Crippen LogP contribution is -2.38. The molecular formula is C17H27ClN2O2. The second-order valence-electron chi connectivity index (χ2n) is 5.75. The zero-order chi connectivity index (χ0) is 14.9. The summed E-state index contributed by atoms with van der Waals surface area (Å²) in [7, 11) is 0. The number of hydrogen-bond acceptors (Lipinski definition) is 3. The smallest absolute Gasteiger partial charge is 0.253 e. The molecule has 22 heavy (non-hydrogen) atoms. The largest absolute Gasteiger partial charge is 0.378 e. The topological polar surface area (TPSA) is 61.4 Å². The lowest BCUT2D eigenvalue weighted by atomic mass is 10.1. The molecule has 1 aromatic carbocycles. The minimum atomic E-state index is -1.08. The Morgan fingerprint density at radius 2 is 1.73 bits per heavy atom. The third-order valence-electron chi connectivity index (χ3n) is 4.08. The van der Waals surface area contributed by atoms with E-state index < -0.39 is 6.10 Å². The van der Waals surface area contributed by atoms with E-state index in [0.717, 1.165) is 6.54 Å². The summed E-state index contributed by atoms with van der Waals surface area (Å²) < 4.78 is 0. The molecular weight excluding hydrogens is 300 g/mol. The number of carbonyl (C=O) groups excluding carboxylic acids is 1. The number of rotatable bonds is 6. The number of halogens is 1. The Morgan fingerprint density at radius 3 is 2.36 bits per heavy atom. The molecule has 0 spiro atoms. The average Bonchev–Trinajstić information content (AvgIpc) is 2.80. The lowest BCUT2D eigenvalue weighted by Gasteiger charge is -2.17. The molecule has 5 heteroatoms. The van der Waals surface area contributed by atoms with Crippen molar-refractivity contribution in [3.63, 3.8) is 0 Å². The summed E-state index contributed by atoms with van der Waals surface area (Å²) >= 11 is 0. The van der Waals surface area contributed by atoms with Crippen LogP contribution in [0.2, 0.25) is 0 Å². The van der Waals surface area contributed by atoms with Gasteiger partial charge in [0.1, 0.15) is 0 Å². The molecule has 1 unspecified atom stereocenters. The van der Waals surface area contributed by atoms with Gasteiger partial charge in [-0.3, -0.25) is 4.79 Å². The van der Waals surface area contributed by atoms with E-state index in [1.54, 1.807) is 12.1 Å². The van der Waals surface area contributed by atoms with Gasteiger partial charge >= 0.3 is 0 Å². The van der Waals surface area contributed by atoms with Crippen LogP contribution in [-0.4, -0.2) is 30.1 Å². The Hall–Kier alpha value is -1.10. The molecule has 0 heterocycles. The first-order valence-electron chi connectivity index (χ1n) is 8.01. The first-order valence-corrected chi connectivity index (χ1v) is 8.01. The molecule has 1 atom stereocenters. The summed E-state index contributed by atoms with van der Waals surface area (Å²) in [6.07, 6.45) is 6.69. The van der Waals surface area contributed by atoms with Crippen molar-refractivity contribution in [2.75, 3.05) is 13.1 Å². The van der Waals surface area contributed by atoms with Gasteiger partial charge in [-0.05, 0) is 18.4 Å². The molecule has 1 aliphatic carbocycles. The zero-order valence-corrected chi connectivity index (χ0v) is 13.8. The Kier molecular flexibility index (Phi) is 9.13. The number of benzene rings is 1. The molecule has 1 fully saturated rings. The van der Waals surface area contributed by atoms with Crippen molar-refractivity contribution < 1.29 is 9.90 Å². The van der Waals surface area contributed by atoms with Gasteiger partial charge in [0.15, 0.2) is 6.10 Å². The molecule has 0 saturated heterocycles. The number of hydrogen-bond donors (Lipinski definition) is 3. The van der Waals surface area contributed by atoms with Gasteiger partial charge in [0.25, 0.3) is 5.91 Å². The SMILES string of the molecule is Cl.O=C(NCCNC1CCCCCC1)C(O)c1ccccc1. The molecule has 2 rings (SSSR count). The molecule has 0 bridgehead atoms. The summed E-state index contributed by atoms with van der Waals surface area (Å²) in [5, 5.41) is 16.2. The van der Waals surface area contributed by atoms with Gasteiger partial charge in [0.05, 0.1) is 0 Å². The Morgan fingerprint density at radius 1 is 1.09 bits per heavy atom. The van der Waals surface area contributed by atoms with E-state index in [9.17, 15) is 9.90 Å². The van der Waals surface area contributed by atoms with Crippen LogP contribution in [0.25, 0.3) is 0 Å². The first kappa shape index (κ1) is 18.9. The van der Waals surface area contributed by atoms with Crippen LogP contribution in [0.3, 0.4) is 0 Å². The molecule has 124 valence electrons. The quantitative estimate of drug-likeness (QED) is 0.556. The summed E-state index contributed by atoms with van der Waals surface area (Å²) in [4.78, 5) is 11.9. The average molecular weight is 327 g/mol. The Labute approximate surface area is 139 Å². The monoisotopic (exact) mass is 326 g/mol.